The maximum absolute atomic E-state index is 9.65. The summed E-state index contributed by atoms with van der Waals surface area (Å²) in [5, 5.41) is 0. The van der Waals surface area contributed by atoms with E-state index >= 15 is 0 Å². The SMILES string of the molecule is CCCC/C=C/C=C/[C]=O. The summed E-state index contributed by atoms with van der Waals surface area (Å²) in [6.45, 7) is 2.16. The van der Waals surface area contributed by atoms with Gasteiger partial charge in [0, 0.05) is 0 Å². The molecule has 0 aliphatic heterocycles. The van der Waals surface area contributed by atoms with Gasteiger partial charge in [-0.3, -0.25) is 4.79 Å². The Morgan fingerprint density at radius 1 is 1.40 bits per heavy atom. The minimum atomic E-state index is 1.10. The van der Waals surface area contributed by atoms with Gasteiger partial charge in [-0.05, 0) is 12.5 Å². The van der Waals surface area contributed by atoms with Crippen molar-refractivity contribution in [1.82, 2.24) is 0 Å². The van der Waals surface area contributed by atoms with E-state index in [0.717, 1.165) is 6.42 Å². The van der Waals surface area contributed by atoms with Gasteiger partial charge in [0.2, 0.25) is 6.29 Å². The third-order valence-corrected chi connectivity index (χ3v) is 1.14. The second kappa shape index (κ2) is 8.15. The van der Waals surface area contributed by atoms with Crippen LogP contribution >= 0.6 is 0 Å². The molecule has 0 atom stereocenters. The molecule has 0 heterocycles. The van der Waals surface area contributed by atoms with Crippen LogP contribution in [0.25, 0.3) is 0 Å². The molecule has 10 heavy (non-hydrogen) atoms. The lowest BCUT2D eigenvalue weighted by molar-refractivity contribution is 0.564. The number of carbonyl (C=O) groups excluding carboxylic acids is 1. The quantitative estimate of drug-likeness (QED) is 0.323. The van der Waals surface area contributed by atoms with Gasteiger partial charge in [0.05, 0.1) is 0 Å². The maximum atomic E-state index is 9.65. The summed E-state index contributed by atoms with van der Waals surface area (Å²) in [5.74, 6) is 0. The Morgan fingerprint density at radius 3 is 2.80 bits per heavy atom. The van der Waals surface area contributed by atoms with E-state index in [4.69, 9.17) is 0 Å². The summed E-state index contributed by atoms with van der Waals surface area (Å²) in [6.07, 6.45) is 12.2. The average molecular weight is 137 g/mol. The average Bonchev–Trinajstić information content (AvgIpc) is 1.97. The lowest BCUT2D eigenvalue weighted by Gasteiger charge is -1.84. The Labute approximate surface area is 62.4 Å². The molecule has 1 radical (unpaired) electrons. The van der Waals surface area contributed by atoms with E-state index in [9.17, 15) is 4.79 Å². The van der Waals surface area contributed by atoms with Crippen molar-refractivity contribution >= 4 is 6.29 Å². The molecule has 0 saturated heterocycles. The first kappa shape index (κ1) is 9.15. The predicted octanol–water partition coefficient (Wildman–Crippen LogP) is 2.40. The lowest BCUT2D eigenvalue weighted by Crippen LogP contribution is -1.65. The van der Waals surface area contributed by atoms with E-state index in [1.165, 1.54) is 18.9 Å². The Kier molecular flexibility index (Phi) is 7.46. The molecule has 0 aliphatic carbocycles. The molecule has 0 aromatic rings. The largest absolute Gasteiger partial charge is 0.286 e. The summed E-state index contributed by atoms with van der Waals surface area (Å²) >= 11 is 0. The normalized spacial score (nSPS) is 11.3. The second-order valence-corrected chi connectivity index (χ2v) is 2.05. The monoisotopic (exact) mass is 137 g/mol. The molecule has 0 spiro atoms. The van der Waals surface area contributed by atoms with E-state index in [-0.39, 0.29) is 0 Å². The molecule has 0 rings (SSSR count). The van der Waals surface area contributed by atoms with Crippen molar-refractivity contribution in [3.05, 3.63) is 24.3 Å². The van der Waals surface area contributed by atoms with E-state index in [0.29, 0.717) is 0 Å². The molecular weight excluding hydrogens is 124 g/mol. The summed E-state index contributed by atoms with van der Waals surface area (Å²) in [4.78, 5) is 9.65. The molecule has 0 fully saturated rings. The first-order valence-electron chi connectivity index (χ1n) is 3.61. The van der Waals surface area contributed by atoms with Crippen LogP contribution in [-0.2, 0) is 4.79 Å². The summed E-state index contributed by atoms with van der Waals surface area (Å²) in [7, 11) is 0. The number of allylic oxidation sites excluding steroid dienone is 4. The van der Waals surface area contributed by atoms with Gasteiger partial charge in [-0.2, -0.15) is 0 Å². The van der Waals surface area contributed by atoms with Crippen LogP contribution in [0.2, 0.25) is 0 Å². The Bertz CT molecular complexity index is 123. The van der Waals surface area contributed by atoms with Gasteiger partial charge in [0.25, 0.3) is 0 Å². The van der Waals surface area contributed by atoms with Gasteiger partial charge in [-0.15, -0.1) is 0 Å². The Morgan fingerprint density at radius 2 is 2.20 bits per heavy atom. The van der Waals surface area contributed by atoms with Crippen LogP contribution in [0.4, 0.5) is 0 Å². The zero-order valence-corrected chi connectivity index (χ0v) is 6.34. The molecule has 1 nitrogen and oxygen atoms in total. The third kappa shape index (κ3) is 7.15. The Balaban J connectivity index is 3.19. The predicted molar refractivity (Wildman–Crippen MR) is 43.5 cm³/mol. The molecular formula is C9H13O. The molecule has 55 valence electrons. The van der Waals surface area contributed by atoms with E-state index in [1.807, 2.05) is 6.08 Å². The van der Waals surface area contributed by atoms with Crippen LogP contribution < -0.4 is 0 Å². The van der Waals surface area contributed by atoms with Crippen LogP contribution in [-0.4, -0.2) is 6.29 Å². The number of unbranched alkanes of at least 4 members (excludes halogenated alkanes) is 2. The molecule has 0 aromatic carbocycles. The van der Waals surface area contributed by atoms with Crippen molar-refractivity contribution in [2.24, 2.45) is 0 Å². The second-order valence-electron chi connectivity index (χ2n) is 2.05. The molecule has 0 aromatic heterocycles. The highest BCUT2D eigenvalue weighted by molar-refractivity contribution is 5.66. The van der Waals surface area contributed by atoms with Crippen LogP contribution in [0.5, 0.6) is 0 Å². The fourth-order valence-electron chi connectivity index (χ4n) is 0.592. The Hall–Kier alpha value is -0.850. The van der Waals surface area contributed by atoms with Gasteiger partial charge >= 0.3 is 0 Å². The number of rotatable bonds is 5. The van der Waals surface area contributed by atoms with Crippen LogP contribution in [0, 0.1) is 0 Å². The third-order valence-electron chi connectivity index (χ3n) is 1.14. The molecule has 0 bridgehead atoms. The zero-order valence-electron chi connectivity index (χ0n) is 6.34. The minimum Gasteiger partial charge on any atom is -0.286 e. The highest BCUT2D eigenvalue weighted by Gasteiger charge is 1.74. The lowest BCUT2D eigenvalue weighted by atomic mass is 10.2. The van der Waals surface area contributed by atoms with Gasteiger partial charge in [-0.1, -0.05) is 38.0 Å². The minimum absolute atomic E-state index is 1.10. The van der Waals surface area contributed by atoms with Gasteiger partial charge in [0.1, 0.15) is 0 Å². The first-order valence-corrected chi connectivity index (χ1v) is 3.61. The van der Waals surface area contributed by atoms with Crippen LogP contribution in [0.1, 0.15) is 26.2 Å². The zero-order chi connectivity index (χ0) is 7.66. The summed E-state index contributed by atoms with van der Waals surface area (Å²) in [6, 6.07) is 0. The molecule has 0 N–H and O–H groups in total. The van der Waals surface area contributed by atoms with E-state index in [1.54, 1.807) is 12.4 Å². The first-order chi connectivity index (χ1) is 4.91. The molecule has 0 aliphatic rings. The smallest absolute Gasteiger partial charge is 0.225 e. The van der Waals surface area contributed by atoms with Crippen molar-refractivity contribution in [1.29, 1.82) is 0 Å². The molecule has 0 amide bonds. The van der Waals surface area contributed by atoms with Crippen molar-refractivity contribution in [2.75, 3.05) is 0 Å². The van der Waals surface area contributed by atoms with Gasteiger partial charge in [0.15, 0.2) is 0 Å². The van der Waals surface area contributed by atoms with Crippen LogP contribution in [0.3, 0.4) is 0 Å². The van der Waals surface area contributed by atoms with Gasteiger partial charge < -0.3 is 0 Å². The number of hydrogen-bond donors (Lipinski definition) is 0. The maximum Gasteiger partial charge on any atom is 0.225 e. The molecule has 0 unspecified atom stereocenters. The highest BCUT2D eigenvalue weighted by atomic mass is 16.1. The topological polar surface area (TPSA) is 17.1 Å². The highest BCUT2D eigenvalue weighted by Crippen LogP contribution is 1.94. The van der Waals surface area contributed by atoms with Gasteiger partial charge in [-0.25, -0.2) is 0 Å². The van der Waals surface area contributed by atoms with E-state index < -0.39 is 0 Å². The van der Waals surface area contributed by atoms with Crippen LogP contribution in [0.15, 0.2) is 24.3 Å². The molecule has 0 saturated carbocycles. The van der Waals surface area contributed by atoms with E-state index in [2.05, 4.69) is 13.0 Å². The molecule has 1 heteroatoms. The summed E-state index contributed by atoms with van der Waals surface area (Å²) in [5.41, 5.74) is 0. The van der Waals surface area contributed by atoms with Crippen molar-refractivity contribution in [2.45, 2.75) is 26.2 Å². The fraction of sp³-hybridized carbons (Fsp3) is 0.444. The van der Waals surface area contributed by atoms with Crippen molar-refractivity contribution in [3.63, 3.8) is 0 Å². The number of hydrogen-bond acceptors (Lipinski definition) is 1. The standard InChI is InChI=1S/C9H13O/c1-2-3-4-5-6-7-8-9-10/h5-8H,2-4H2,1H3/b6-5+,8-7+. The van der Waals surface area contributed by atoms with Crippen molar-refractivity contribution < 1.29 is 4.79 Å². The van der Waals surface area contributed by atoms with Crippen molar-refractivity contribution in [3.8, 4) is 0 Å². The fourth-order valence-corrected chi connectivity index (χ4v) is 0.592. The summed E-state index contributed by atoms with van der Waals surface area (Å²) < 4.78 is 0.